The lowest BCUT2D eigenvalue weighted by Gasteiger charge is -2.18. The van der Waals surface area contributed by atoms with E-state index in [1.807, 2.05) is 6.92 Å². The van der Waals surface area contributed by atoms with Gasteiger partial charge in [0.15, 0.2) is 5.82 Å². The molecule has 1 fully saturated rings. The molecule has 6 heteroatoms. The topological polar surface area (TPSA) is 32.3 Å². The lowest BCUT2D eigenvalue weighted by molar-refractivity contribution is -0.118. The Balaban J connectivity index is 2.17. The number of hydrogen-bond acceptors (Lipinski definition) is 2. The maximum Gasteiger partial charge on any atom is 0.244 e. The van der Waals surface area contributed by atoms with E-state index in [-0.39, 0.29) is 22.0 Å². The highest BCUT2D eigenvalue weighted by Gasteiger charge is 2.32. The van der Waals surface area contributed by atoms with E-state index in [2.05, 4.69) is 5.32 Å². The van der Waals surface area contributed by atoms with E-state index in [1.54, 1.807) is 4.90 Å². The molecule has 1 aliphatic rings. The SMILES string of the molecule is CCCNC1CCN(c2cc(Cl)c(F)c(Cl)c2)C1=O. The normalized spacial score (nSPS) is 19.3. The number of anilines is 1. The van der Waals surface area contributed by atoms with Gasteiger partial charge in [0.1, 0.15) is 0 Å². The highest BCUT2D eigenvalue weighted by Crippen LogP contribution is 2.31. The molecule has 2 rings (SSSR count). The number of rotatable bonds is 4. The zero-order chi connectivity index (χ0) is 14.0. The molecule has 0 saturated carbocycles. The van der Waals surface area contributed by atoms with Crippen LogP contribution in [-0.4, -0.2) is 25.0 Å². The molecule has 0 aliphatic carbocycles. The summed E-state index contributed by atoms with van der Waals surface area (Å²) in [6.45, 7) is 3.43. The van der Waals surface area contributed by atoms with E-state index in [4.69, 9.17) is 23.2 Å². The maximum absolute atomic E-state index is 13.4. The Morgan fingerprint density at radius 2 is 2.05 bits per heavy atom. The van der Waals surface area contributed by atoms with Gasteiger partial charge in [-0.1, -0.05) is 30.1 Å². The number of carbonyl (C=O) groups excluding carboxylic acids is 1. The number of benzene rings is 1. The Morgan fingerprint density at radius 1 is 1.42 bits per heavy atom. The number of carbonyl (C=O) groups is 1. The first-order valence-electron chi connectivity index (χ1n) is 6.24. The predicted molar refractivity (Wildman–Crippen MR) is 75.5 cm³/mol. The summed E-state index contributed by atoms with van der Waals surface area (Å²) < 4.78 is 13.4. The second kappa shape index (κ2) is 6.07. The number of amides is 1. The first kappa shape index (κ1) is 14.6. The highest BCUT2D eigenvalue weighted by molar-refractivity contribution is 6.35. The van der Waals surface area contributed by atoms with Crippen molar-refractivity contribution in [3.8, 4) is 0 Å². The summed E-state index contributed by atoms with van der Waals surface area (Å²) in [6.07, 6.45) is 1.70. The molecular weight excluding hydrogens is 290 g/mol. The van der Waals surface area contributed by atoms with Crippen LogP contribution in [0.5, 0.6) is 0 Å². The fourth-order valence-corrected chi connectivity index (χ4v) is 2.62. The van der Waals surface area contributed by atoms with Crippen LogP contribution in [0.3, 0.4) is 0 Å². The Morgan fingerprint density at radius 3 is 2.63 bits per heavy atom. The van der Waals surface area contributed by atoms with Crippen molar-refractivity contribution in [3.63, 3.8) is 0 Å². The standard InChI is InChI=1S/C13H15Cl2FN2O/c1-2-4-17-11-3-5-18(13(11)19)8-6-9(14)12(16)10(15)7-8/h6-7,11,17H,2-5H2,1H3. The van der Waals surface area contributed by atoms with Gasteiger partial charge < -0.3 is 10.2 Å². The van der Waals surface area contributed by atoms with Crippen LogP contribution in [0.25, 0.3) is 0 Å². The van der Waals surface area contributed by atoms with Crippen LogP contribution in [0, 0.1) is 5.82 Å². The largest absolute Gasteiger partial charge is 0.311 e. The van der Waals surface area contributed by atoms with E-state index in [0.717, 1.165) is 19.4 Å². The Labute approximate surface area is 121 Å². The fraction of sp³-hybridized carbons (Fsp3) is 0.462. The molecule has 0 radical (unpaired) electrons. The van der Waals surface area contributed by atoms with Gasteiger partial charge in [-0.25, -0.2) is 4.39 Å². The van der Waals surface area contributed by atoms with E-state index in [1.165, 1.54) is 12.1 Å². The summed E-state index contributed by atoms with van der Waals surface area (Å²) in [4.78, 5) is 13.8. The van der Waals surface area contributed by atoms with Gasteiger partial charge in [-0.3, -0.25) is 4.79 Å². The molecule has 1 unspecified atom stereocenters. The van der Waals surface area contributed by atoms with Gasteiger partial charge in [0.2, 0.25) is 5.91 Å². The van der Waals surface area contributed by atoms with Crippen LogP contribution < -0.4 is 10.2 Å². The van der Waals surface area contributed by atoms with Crippen LogP contribution in [0.4, 0.5) is 10.1 Å². The van der Waals surface area contributed by atoms with Crippen LogP contribution in [0.2, 0.25) is 10.0 Å². The molecule has 1 heterocycles. The number of halogens is 3. The smallest absolute Gasteiger partial charge is 0.244 e. The van der Waals surface area contributed by atoms with Crippen molar-refractivity contribution >= 4 is 34.8 Å². The molecule has 19 heavy (non-hydrogen) atoms. The summed E-state index contributed by atoms with van der Waals surface area (Å²) in [5, 5.41) is 3.05. The molecule has 104 valence electrons. The average Bonchev–Trinajstić information content (AvgIpc) is 2.74. The number of nitrogens with one attached hydrogen (secondary N) is 1. The lowest BCUT2D eigenvalue weighted by Crippen LogP contribution is -2.38. The lowest BCUT2D eigenvalue weighted by atomic mass is 10.2. The molecule has 1 atom stereocenters. The Kier molecular flexibility index (Phi) is 4.66. The monoisotopic (exact) mass is 304 g/mol. The summed E-state index contributed by atoms with van der Waals surface area (Å²) in [6, 6.07) is 2.69. The zero-order valence-corrected chi connectivity index (χ0v) is 12.1. The first-order valence-corrected chi connectivity index (χ1v) is 6.99. The highest BCUT2D eigenvalue weighted by atomic mass is 35.5. The van der Waals surface area contributed by atoms with Gasteiger partial charge in [0.25, 0.3) is 0 Å². The van der Waals surface area contributed by atoms with E-state index in [0.29, 0.717) is 12.2 Å². The third-order valence-corrected chi connectivity index (χ3v) is 3.68. The van der Waals surface area contributed by atoms with Gasteiger partial charge in [-0.15, -0.1) is 0 Å². The molecule has 3 nitrogen and oxygen atoms in total. The molecule has 0 bridgehead atoms. The van der Waals surface area contributed by atoms with Crippen LogP contribution >= 0.6 is 23.2 Å². The van der Waals surface area contributed by atoms with Crippen molar-refractivity contribution in [3.05, 3.63) is 28.0 Å². The molecule has 1 N–H and O–H groups in total. The average molecular weight is 305 g/mol. The van der Waals surface area contributed by atoms with E-state index < -0.39 is 5.82 Å². The molecule has 1 amide bonds. The predicted octanol–water partition coefficient (Wildman–Crippen LogP) is 3.24. The Bertz CT molecular complexity index is 473. The Hall–Kier alpha value is -0.840. The first-order chi connectivity index (χ1) is 9.04. The summed E-state index contributed by atoms with van der Waals surface area (Å²) in [5.74, 6) is -0.674. The minimum atomic E-state index is -0.653. The third kappa shape index (κ3) is 3.02. The van der Waals surface area contributed by atoms with Crippen LogP contribution in [0.15, 0.2) is 12.1 Å². The molecular formula is C13H15Cl2FN2O. The second-order valence-corrected chi connectivity index (χ2v) is 5.32. The minimum absolute atomic E-state index is 0.0211. The van der Waals surface area contributed by atoms with Crippen molar-refractivity contribution in [2.75, 3.05) is 18.0 Å². The van der Waals surface area contributed by atoms with E-state index >= 15 is 0 Å². The molecule has 1 aromatic rings. The fourth-order valence-electron chi connectivity index (χ4n) is 2.14. The van der Waals surface area contributed by atoms with Crippen molar-refractivity contribution in [1.29, 1.82) is 0 Å². The second-order valence-electron chi connectivity index (χ2n) is 4.51. The quantitative estimate of drug-likeness (QED) is 0.866. The summed E-state index contributed by atoms with van der Waals surface area (Å²) in [7, 11) is 0. The van der Waals surface area contributed by atoms with Crippen LogP contribution in [-0.2, 0) is 4.79 Å². The molecule has 1 aliphatic heterocycles. The van der Waals surface area contributed by atoms with Crippen molar-refractivity contribution in [2.24, 2.45) is 0 Å². The molecule has 1 aromatic carbocycles. The number of hydrogen-bond donors (Lipinski definition) is 1. The maximum atomic E-state index is 13.4. The zero-order valence-electron chi connectivity index (χ0n) is 10.5. The van der Waals surface area contributed by atoms with Gasteiger partial charge >= 0.3 is 0 Å². The minimum Gasteiger partial charge on any atom is -0.311 e. The summed E-state index contributed by atoms with van der Waals surface area (Å²) >= 11 is 11.5. The van der Waals surface area contributed by atoms with Crippen molar-refractivity contribution in [1.82, 2.24) is 5.32 Å². The van der Waals surface area contributed by atoms with Crippen molar-refractivity contribution < 1.29 is 9.18 Å². The molecule has 0 spiro atoms. The van der Waals surface area contributed by atoms with Gasteiger partial charge in [0, 0.05) is 12.2 Å². The molecule has 1 saturated heterocycles. The van der Waals surface area contributed by atoms with E-state index in [9.17, 15) is 9.18 Å². The molecule has 0 aromatic heterocycles. The third-order valence-electron chi connectivity index (χ3n) is 3.13. The van der Waals surface area contributed by atoms with Gasteiger partial charge in [0.05, 0.1) is 16.1 Å². The van der Waals surface area contributed by atoms with Gasteiger partial charge in [-0.2, -0.15) is 0 Å². The van der Waals surface area contributed by atoms with Gasteiger partial charge in [-0.05, 0) is 31.5 Å². The number of nitrogens with zero attached hydrogens (tertiary/aromatic N) is 1. The summed E-state index contributed by atoms with van der Waals surface area (Å²) in [5.41, 5.74) is 0.544. The van der Waals surface area contributed by atoms with Crippen LogP contribution in [0.1, 0.15) is 19.8 Å². The van der Waals surface area contributed by atoms with Crippen molar-refractivity contribution in [2.45, 2.75) is 25.8 Å².